The Morgan fingerprint density at radius 1 is 1.09 bits per heavy atom. The molecule has 22 heavy (non-hydrogen) atoms. The monoisotopic (exact) mass is 322 g/mol. The molecular weight excluding hydrogens is 304 g/mol. The number of nitrogens with one attached hydrogen (secondary N) is 1. The van der Waals surface area contributed by atoms with Crippen LogP contribution in [0.2, 0.25) is 0 Å². The average molecular weight is 322 g/mol. The van der Waals surface area contributed by atoms with E-state index in [2.05, 4.69) is 10.3 Å². The van der Waals surface area contributed by atoms with Gasteiger partial charge in [-0.1, -0.05) is 0 Å². The van der Waals surface area contributed by atoms with Crippen LogP contribution < -0.4 is 19.5 Å². The molecule has 0 atom stereocenters. The van der Waals surface area contributed by atoms with Crippen LogP contribution in [0.1, 0.15) is 20.9 Å². The third-order valence-corrected chi connectivity index (χ3v) is 4.19. The van der Waals surface area contributed by atoms with Crippen LogP contribution in [-0.2, 0) is 0 Å². The number of hydrogen-bond donors (Lipinski definition) is 1. The van der Waals surface area contributed by atoms with Gasteiger partial charge in [0.15, 0.2) is 16.6 Å². The summed E-state index contributed by atoms with van der Waals surface area (Å²) >= 11 is 1.43. The molecule has 1 aromatic carbocycles. The molecule has 2 rings (SSSR count). The van der Waals surface area contributed by atoms with Crippen molar-refractivity contribution in [1.29, 1.82) is 0 Å². The van der Waals surface area contributed by atoms with Gasteiger partial charge in [0.25, 0.3) is 5.91 Å². The minimum atomic E-state index is -0.313. The number of carbonyl (C=O) groups is 1. The van der Waals surface area contributed by atoms with Gasteiger partial charge in [-0.15, -0.1) is 11.3 Å². The Labute approximate surface area is 133 Å². The fourth-order valence-corrected chi connectivity index (χ4v) is 2.78. The molecule has 0 aliphatic heterocycles. The second-order valence-electron chi connectivity index (χ2n) is 4.50. The highest BCUT2D eigenvalue weighted by Gasteiger charge is 2.21. The zero-order valence-electron chi connectivity index (χ0n) is 13.1. The average Bonchev–Trinajstić information content (AvgIpc) is 2.83. The standard InChI is InChI=1S/C15H18N2O4S/c1-8-9(2)22-15(16-8)17-14(18)10-6-7-11(19-3)13(21-5)12(10)20-4/h6-7H,1-5H3,(H,16,17,18). The van der Waals surface area contributed by atoms with Gasteiger partial charge in [-0.25, -0.2) is 4.98 Å². The fraction of sp³-hybridized carbons (Fsp3) is 0.333. The highest BCUT2D eigenvalue weighted by molar-refractivity contribution is 7.15. The summed E-state index contributed by atoms with van der Waals surface area (Å²) in [6.45, 7) is 3.86. The molecule has 1 heterocycles. The van der Waals surface area contributed by atoms with E-state index in [-0.39, 0.29) is 5.91 Å². The van der Waals surface area contributed by atoms with Crippen LogP contribution in [0.15, 0.2) is 12.1 Å². The van der Waals surface area contributed by atoms with E-state index in [4.69, 9.17) is 14.2 Å². The number of aryl methyl sites for hydroxylation is 2. The van der Waals surface area contributed by atoms with E-state index in [9.17, 15) is 4.79 Å². The quantitative estimate of drug-likeness (QED) is 0.916. The van der Waals surface area contributed by atoms with Crippen LogP contribution in [0.5, 0.6) is 17.2 Å². The highest BCUT2D eigenvalue weighted by Crippen LogP contribution is 2.40. The number of carbonyl (C=O) groups excluding carboxylic acids is 1. The van der Waals surface area contributed by atoms with Crippen molar-refractivity contribution < 1.29 is 19.0 Å². The van der Waals surface area contributed by atoms with Gasteiger partial charge >= 0.3 is 0 Å². The summed E-state index contributed by atoms with van der Waals surface area (Å²) in [7, 11) is 4.50. The van der Waals surface area contributed by atoms with Crippen molar-refractivity contribution in [3.8, 4) is 17.2 Å². The van der Waals surface area contributed by atoms with Crippen molar-refractivity contribution in [2.75, 3.05) is 26.6 Å². The first kappa shape index (κ1) is 16.1. The van der Waals surface area contributed by atoms with Crippen molar-refractivity contribution in [3.63, 3.8) is 0 Å². The normalized spacial score (nSPS) is 10.2. The van der Waals surface area contributed by atoms with Crippen LogP contribution in [0, 0.1) is 13.8 Å². The predicted molar refractivity (Wildman–Crippen MR) is 85.6 cm³/mol. The van der Waals surface area contributed by atoms with Gasteiger partial charge in [0.05, 0.1) is 32.6 Å². The molecular formula is C15H18N2O4S. The van der Waals surface area contributed by atoms with Crippen molar-refractivity contribution in [2.45, 2.75) is 13.8 Å². The molecule has 0 radical (unpaired) electrons. The van der Waals surface area contributed by atoms with Gasteiger partial charge in [0.1, 0.15) is 0 Å². The van der Waals surface area contributed by atoms with Gasteiger partial charge in [-0.05, 0) is 26.0 Å². The van der Waals surface area contributed by atoms with E-state index in [1.54, 1.807) is 12.1 Å². The van der Waals surface area contributed by atoms with Gasteiger partial charge in [0, 0.05) is 4.88 Å². The Bertz CT molecular complexity index is 678. The summed E-state index contributed by atoms with van der Waals surface area (Å²) in [5.74, 6) is 0.886. The highest BCUT2D eigenvalue weighted by atomic mass is 32.1. The lowest BCUT2D eigenvalue weighted by atomic mass is 10.1. The number of anilines is 1. The van der Waals surface area contributed by atoms with E-state index < -0.39 is 0 Å². The first-order chi connectivity index (χ1) is 10.5. The molecule has 0 unspecified atom stereocenters. The first-order valence-corrected chi connectivity index (χ1v) is 7.37. The Morgan fingerprint density at radius 2 is 1.77 bits per heavy atom. The van der Waals surface area contributed by atoms with Gasteiger partial charge in [0.2, 0.25) is 5.75 Å². The fourth-order valence-electron chi connectivity index (χ4n) is 1.97. The van der Waals surface area contributed by atoms with E-state index >= 15 is 0 Å². The molecule has 6 nitrogen and oxygen atoms in total. The maximum absolute atomic E-state index is 12.5. The number of benzene rings is 1. The summed E-state index contributed by atoms with van der Waals surface area (Å²) in [4.78, 5) is 17.8. The first-order valence-electron chi connectivity index (χ1n) is 6.56. The van der Waals surface area contributed by atoms with Crippen LogP contribution in [0.4, 0.5) is 5.13 Å². The molecule has 7 heteroatoms. The van der Waals surface area contributed by atoms with E-state index in [1.165, 1.54) is 32.7 Å². The second kappa shape index (κ2) is 6.65. The Morgan fingerprint density at radius 3 is 2.27 bits per heavy atom. The smallest absolute Gasteiger partial charge is 0.261 e. The van der Waals surface area contributed by atoms with Crippen molar-refractivity contribution >= 4 is 22.4 Å². The number of hydrogen-bond acceptors (Lipinski definition) is 6. The zero-order valence-corrected chi connectivity index (χ0v) is 14.0. The van der Waals surface area contributed by atoms with Crippen molar-refractivity contribution in [3.05, 3.63) is 28.3 Å². The minimum Gasteiger partial charge on any atom is -0.493 e. The molecule has 0 saturated heterocycles. The van der Waals surface area contributed by atoms with Crippen molar-refractivity contribution in [1.82, 2.24) is 4.98 Å². The molecule has 1 N–H and O–H groups in total. The van der Waals surface area contributed by atoms with E-state index in [0.29, 0.717) is 27.9 Å². The lowest BCUT2D eigenvalue weighted by molar-refractivity contribution is 0.102. The Balaban J connectivity index is 2.36. The summed E-state index contributed by atoms with van der Waals surface area (Å²) in [5.41, 5.74) is 1.25. The number of thiazole rings is 1. The number of methoxy groups -OCH3 is 3. The van der Waals surface area contributed by atoms with Crippen LogP contribution in [0.3, 0.4) is 0 Å². The number of aromatic nitrogens is 1. The summed E-state index contributed by atoms with van der Waals surface area (Å²) in [6, 6.07) is 3.29. The van der Waals surface area contributed by atoms with Crippen LogP contribution in [-0.4, -0.2) is 32.2 Å². The third-order valence-electron chi connectivity index (χ3n) is 3.20. The molecule has 1 aromatic heterocycles. The number of amides is 1. The molecule has 1 amide bonds. The molecule has 0 spiro atoms. The maximum Gasteiger partial charge on any atom is 0.261 e. The topological polar surface area (TPSA) is 69.7 Å². The summed E-state index contributed by atoms with van der Waals surface area (Å²) in [6.07, 6.45) is 0. The molecule has 0 fully saturated rings. The lowest BCUT2D eigenvalue weighted by Crippen LogP contribution is -2.13. The third kappa shape index (κ3) is 2.99. The Kier molecular flexibility index (Phi) is 4.87. The molecule has 2 aromatic rings. The van der Waals surface area contributed by atoms with E-state index in [0.717, 1.165) is 10.6 Å². The molecule has 0 saturated carbocycles. The second-order valence-corrected chi connectivity index (χ2v) is 5.70. The minimum absolute atomic E-state index is 0.313. The van der Waals surface area contributed by atoms with E-state index in [1.807, 2.05) is 13.8 Å². The molecule has 0 aliphatic rings. The lowest BCUT2D eigenvalue weighted by Gasteiger charge is -2.15. The van der Waals surface area contributed by atoms with Gasteiger partial charge in [-0.3, -0.25) is 10.1 Å². The van der Waals surface area contributed by atoms with Crippen LogP contribution in [0.25, 0.3) is 0 Å². The summed E-state index contributed by atoms with van der Waals surface area (Å²) in [5, 5.41) is 3.33. The maximum atomic E-state index is 12.5. The SMILES string of the molecule is COc1ccc(C(=O)Nc2nc(C)c(C)s2)c(OC)c1OC. The number of nitrogens with zero attached hydrogens (tertiary/aromatic N) is 1. The predicted octanol–water partition coefficient (Wildman–Crippen LogP) is 3.04. The molecule has 0 aliphatic carbocycles. The summed E-state index contributed by atoms with van der Waals surface area (Å²) < 4.78 is 15.8. The van der Waals surface area contributed by atoms with Gasteiger partial charge < -0.3 is 14.2 Å². The largest absolute Gasteiger partial charge is 0.493 e. The van der Waals surface area contributed by atoms with Crippen LogP contribution >= 0.6 is 11.3 Å². The van der Waals surface area contributed by atoms with Gasteiger partial charge in [-0.2, -0.15) is 0 Å². The Hall–Kier alpha value is -2.28. The van der Waals surface area contributed by atoms with Crippen molar-refractivity contribution in [2.24, 2.45) is 0 Å². The molecule has 0 bridgehead atoms. The zero-order chi connectivity index (χ0) is 16.3. The molecule has 118 valence electrons. The number of ether oxygens (including phenoxy) is 3. The number of rotatable bonds is 5.